The standard InChI is InChI=1S/C13H18BrN3O.ClH/c1-10-8-17(7-6-15-10)9-13(18)16-12-5-3-2-4-11(12)14;/h2-5,10,15H,6-9H2,1H3,(H,16,18);1H. The van der Waals surface area contributed by atoms with Gasteiger partial charge in [0.15, 0.2) is 0 Å². The zero-order valence-electron chi connectivity index (χ0n) is 10.9. The molecular formula is C13H19BrClN3O. The number of halogens is 2. The van der Waals surface area contributed by atoms with E-state index >= 15 is 0 Å². The van der Waals surface area contributed by atoms with E-state index in [1.807, 2.05) is 24.3 Å². The van der Waals surface area contributed by atoms with Crippen molar-refractivity contribution < 1.29 is 4.79 Å². The number of piperazine rings is 1. The summed E-state index contributed by atoms with van der Waals surface area (Å²) >= 11 is 3.42. The minimum Gasteiger partial charge on any atom is -0.324 e. The maximum Gasteiger partial charge on any atom is 0.238 e. The molecule has 0 bridgehead atoms. The van der Waals surface area contributed by atoms with Crippen molar-refractivity contribution in [2.75, 3.05) is 31.5 Å². The fraction of sp³-hybridized carbons (Fsp3) is 0.462. The SMILES string of the molecule is CC1CN(CC(=O)Nc2ccccc2Br)CCN1.Cl. The zero-order valence-corrected chi connectivity index (χ0v) is 13.3. The quantitative estimate of drug-likeness (QED) is 0.879. The number of benzene rings is 1. The Labute approximate surface area is 128 Å². The molecule has 0 aromatic heterocycles. The van der Waals surface area contributed by atoms with Crippen LogP contribution in [-0.4, -0.2) is 43.0 Å². The number of anilines is 1. The van der Waals surface area contributed by atoms with Gasteiger partial charge in [0.2, 0.25) is 5.91 Å². The largest absolute Gasteiger partial charge is 0.324 e. The van der Waals surface area contributed by atoms with Crippen LogP contribution in [0.4, 0.5) is 5.69 Å². The average Bonchev–Trinajstić information content (AvgIpc) is 2.32. The molecule has 1 saturated heterocycles. The third-order valence-corrected chi connectivity index (χ3v) is 3.66. The van der Waals surface area contributed by atoms with Crippen LogP contribution in [-0.2, 0) is 4.79 Å². The summed E-state index contributed by atoms with van der Waals surface area (Å²) in [5.74, 6) is 0.0380. The second-order valence-electron chi connectivity index (χ2n) is 4.62. The molecule has 0 spiro atoms. The van der Waals surface area contributed by atoms with Crippen LogP contribution in [0.5, 0.6) is 0 Å². The number of hydrogen-bond donors (Lipinski definition) is 2. The summed E-state index contributed by atoms with van der Waals surface area (Å²) < 4.78 is 0.909. The third kappa shape index (κ3) is 5.10. The van der Waals surface area contributed by atoms with E-state index in [1.54, 1.807) is 0 Å². The number of carbonyl (C=O) groups is 1. The van der Waals surface area contributed by atoms with Gasteiger partial charge < -0.3 is 10.6 Å². The number of rotatable bonds is 3. The minimum atomic E-state index is 0. The molecule has 1 heterocycles. The summed E-state index contributed by atoms with van der Waals surface area (Å²) in [5, 5.41) is 6.29. The van der Waals surface area contributed by atoms with Gasteiger partial charge in [0, 0.05) is 30.1 Å². The first-order valence-electron chi connectivity index (χ1n) is 6.15. The monoisotopic (exact) mass is 347 g/mol. The predicted molar refractivity (Wildman–Crippen MR) is 83.9 cm³/mol. The van der Waals surface area contributed by atoms with E-state index in [0.717, 1.165) is 29.8 Å². The molecule has 1 unspecified atom stereocenters. The molecule has 2 N–H and O–H groups in total. The molecule has 6 heteroatoms. The molecule has 1 aromatic carbocycles. The van der Waals surface area contributed by atoms with E-state index in [1.165, 1.54) is 0 Å². The van der Waals surface area contributed by atoms with Gasteiger partial charge in [-0.25, -0.2) is 0 Å². The highest BCUT2D eigenvalue weighted by atomic mass is 79.9. The van der Waals surface area contributed by atoms with E-state index in [-0.39, 0.29) is 18.3 Å². The molecule has 0 aliphatic carbocycles. The number of carbonyl (C=O) groups excluding carboxylic acids is 1. The van der Waals surface area contributed by atoms with Gasteiger partial charge in [-0.1, -0.05) is 12.1 Å². The number of nitrogens with one attached hydrogen (secondary N) is 2. The number of nitrogens with zero attached hydrogens (tertiary/aromatic N) is 1. The Hall–Kier alpha value is -0.620. The topological polar surface area (TPSA) is 44.4 Å². The van der Waals surface area contributed by atoms with Crippen LogP contribution in [0, 0.1) is 0 Å². The van der Waals surface area contributed by atoms with Crippen molar-refractivity contribution in [1.82, 2.24) is 10.2 Å². The summed E-state index contributed by atoms with van der Waals surface area (Å²) in [7, 11) is 0. The maximum atomic E-state index is 11.9. The van der Waals surface area contributed by atoms with Gasteiger partial charge in [-0.15, -0.1) is 12.4 Å². The van der Waals surface area contributed by atoms with Crippen molar-refractivity contribution in [3.63, 3.8) is 0 Å². The van der Waals surface area contributed by atoms with Crippen molar-refractivity contribution in [3.05, 3.63) is 28.7 Å². The molecular weight excluding hydrogens is 330 g/mol. The molecule has 0 radical (unpaired) electrons. The number of hydrogen-bond acceptors (Lipinski definition) is 3. The van der Waals surface area contributed by atoms with Crippen LogP contribution in [0.2, 0.25) is 0 Å². The van der Waals surface area contributed by atoms with Crippen LogP contribution in [0.3, 0.4) is 0 Å². The lowest BCUT2D eigenvalue weighted by molar-refractivity contribution is -0.117. The molecule has 1 aliphatic rings. The van der Waals surface area contributed by atoms with Crippen LogP contribution < -0.4 is 10.6 Å². The van der Waals surface area contributed by atoms with Crippen molar-refractivity contribution in [3.8, 4) is 0 Å². The zero-order chi connectivity index (χ0) is 13.0. The van der Waals surface area contributed by atoms with Gasteiger partial charge >= 0.3 is 0 Å². The minimum absolute atomic E-state index is 0. The first-order chi connectivity index (χ1) is 8.65. The van der Waals surface area contributed by atoms with Gasteiger partial charge in [0.05, 0.1) is 12.2 Å². The lowest BCUT2D eigenvalue weighted by atomic mass is 10.2. The lowest BCUT2D eigenvalue weighted by Gasteiger charge is -2.31. The lowest BCUT2D eigenvalue weighted by Crippen LogP contribution is -2.51. The highest BCUT2D eigenvalue weighted by Gasteiger charge is 2.18. The molecule has 1 aliphatic heterocycles. The van der Waals surface area contributed by atoms with E-state index in [9.17, 15) is 4.79 Å². The van der Waals surface area contributed by atoms with Crippen LogP contribution in [0.25, 0.3) is 0 Å². The Kier molecular flexibility index (Phi) is 6.79. The summed E-state index contributed by atoms with van der Waals surface area (Å²) in [4.78, 5) is 14.1. The molecule has 2 rings (SSSR count). The molecule has 106 valence electrons. The molecule has 1 fully saturated rings. The van der Waals surface area contributed by atoms with Crippen molar-refractivity contribution in [1.29, 1.82) is 0 Å². The van der Waals surface area contributed by atoms with Crippen LogP contribution in [0.15, 0.2) is 28.7 Å². The summed E-state index contributed by atoms with van der Waals surface area (Å²) in [5.41, 5.74) is 0.825. The van der Waals surface area contributed by atoms with Crippen LogP contribution >= 0.6 is 28.3 Å². The molecule has 19 heavy (non-hydrogen) atoms. The van der Waals surface area contributed by atoms with Gasteiger partial charge in [0.1, 0.15) is 0 Å². The molecule has 1 atom stereocenters. The van der Waals surface area contributed by atoms with E-state index in [4.69, 9.17) is 0 Å². The Morgan fingerprint density at radius 1 is 1.53 bits per heavy atom. The van der Waals surface area contributed by atoms with E-state index < -0.39 is 0 Å². The molecule has 1 amide bonds. The maximum absolute atomic E-state index is 11.9. The fourth-order valence-electron chi connectivity index (χ4n) is 2.11. The van der Waals surface area contributed by atoms with Crippen molar-refractivity contribution in [2.45, 2.75) is 13.0 Å². The van der Waals surface area contributed by atoms with Gasteiger partial charge in [-0.3, -0.25) is 9.69 Å². The van der Waals surface area contributed by atoms with E-state index in [0.29, 0.717) is 12.6 Å². The first-order valence-corrected chi connectivity index (χ1v) is 6.94. The Morgan fingerprint density at radius 3 is 2.95 bits per heavy atom. The number of para-hydroxylation sites is 1. The smallest absolute Gasteiger partial charge is 0.238 e. The second-order valence-corrected chi connectivity index (χ2v) is 5.47. The highest BCUT2D eigenvalue weighted by Crippen LogP contribution is 2.20. The Bertz CT molecular complexity index is 430. The molecule has 4 nitrogen and oxygen atoms in total. The first kappa shape index (κ1) is 16.4. The van der Waals surface area contributed by atoms with Gasteiger partial charge in [-0.2, -0.15) is 0 Å². The summed E-state index contributed by atoms with van der Waals surface area (Å²) in [6.07, 6.45) is 0. The summed E-state index contributed by atoms with van der Waals surface area (Å²) in [6.45, 7) is 5.38. The fourth-order valence-corrected chi connectivity index (χ4v) is 2.50. The van der Waals surface area contributed by atoms with Crippen molar-refractivity contribution in [2.24, 2.45) is 0 Å². The van der Waals surface area contributed by atoms with Crippen LogP contribution in [0.1, 0.15) is 6.92 Å². The molecule has 0 saturated carbocycles. The van der Waals surface area contributed by atoms with Gasteiger partial charge in [-0.05, 0) is 35.0 Å². The third-order valence-electron chi connectivity index (χ3n) is 2.97. The normalized spacial score (nSPS) is 19.6. The van der Waals surface area contributed by atoms with Gasteiger partial charge in [0.25, 0.3) is 0 Å². The Balaban J connectivity index is 0.00000180. The van der Waals surface area contributed by atoms with E-state index in [2.05, 4.69) is 38.4 Å². The summed E-state index contributed by atoms with van der Waals surface area (Å²) in [6, 6.07) is 8.10. The number of amides is 1. The highest BCUT2D eigenvalue weighted by molar-refractivity contribution is 9.10. The average molecular weight is 349 g/mol. The Morgan fingerprint density at radius 2 is 2.26 bits per heavy atom. The predicted octanol–water partition coefficient (Wildman–Crippen LogP) is 2.10. The van der Waals surface area contributed by atoms with Crippen molar-refractivity contribution >= 4 is 39.9 Å². The molecule has 1 aromatic rings. The second kappa shape index (κ2) is 7.85.